The molecule has 20 heavy (non-hydrogen) atoms. The molecule has 2 aromatic heterocycles. The van der Waals surface area contributed by atoms with Crippen LogP contribution >= 0.6 is 0 Å². The molecule has 0 aliphatic heterocycles. The second kappa shape index (κ2) is 5.80. The van der Waals surface area contributed by atoms with E-state index in [0.717, 1.165) is 0 Å². The van der Waals surface area contributed by atoms with E-state index in [1.54, 1.807) is 23.3 Å². The van der Waals surface area contributed by atoms with E-state index in [9.17, 15) is 5.11 Å². The molecule has 0 saturated heterocycles. The lowest BCUT2D eigenvalue weighted by atomic mass is 9.95. The van der Waals surface area contributed by atoms with Gasteiger partial charge in [-0.25, -0.2) is 10.8 Å². The Labute approximate surface area is 116 Å². The Balaban J connectivity index is 2.23. The molecule has 108 valence electrons. The van der Waals surface area contributed by atoms with Crippen LogP contribution in [0.3, 0.4) is 0 Å². The van der Waals surface area contributed by atoms with Crippen molar-refractivity contribution in [3.63, 3.8) is 0 Å². The van der Waals surface area contributed by atoms with E-state index < -0.39 is 0 Å². The van der Waals surface area contributed by atoms with Crippen LogP contribution in [0.2, 0.25) is 0 Å². The monoisotopic (exact) mass is 278 g/mol. The number of hydrazine groups is 1. The predicted octanol–water partition coefficient (Wildman–Crippen LogP) is -0.227. The first kappa shape index (κ1) is 14.2. The molecule has 0 aliphatic carbocycles. The molecule has 0 fully saturated rings. The van der Waals surface area contributed by atoms with Gasteiger partial charge in [-0.15, -0.1) is 0 Å². The number of aromatic nitrogens is 5. The molecule has 0 atom stereocenters. The fourth-order valence-corrected chi connectivity index (χ4v) is 1.38. The van der Waals surface area contributed by atoms with Crippen LogP contribution in [-0.2, 0) is 0 Å². The molecule has 5 N–H and O–H groups in total. The van der Waals surface area contributed by atoms with Gasteiger partial charge in [-0.2, -0.15) is 15.0 Å². The van der Waals surface area contributed by atoms with Crippen LogP contribution in [0, 0.1) is 5.41 Å². The highest BCUT2D eigenvalue weighted by atomic mass is 16.3. The van der Waals surface area contributed by atoms with Crippen LogP contribution < -0.4 is 16.6 Å². The molecule has 0 aromatic carbocycles. The average Bonchev–Trinajstić information content (AvgIpc) is 2.99. The third-order valence-electron chi connectivity index (χ3n) is 2.64. The summed E-state index contributed by atoms with van der Waals surface area (Å²) in [4.78, 5) is 16.5. The molecule has 0 spiro atoms. The van der Waals surface area contributed by atoms with E-state index in [1.807, 2.05) is 13.8 Å². The number of anilines is 2. The maximum absolute atomic E-state index is 9.24. The lowest BCUT2D eigenvalue weighted by molar-refractivity contribution is 0.170. The Morgan fingerprint density at radius 2 is 2.05 bits per heavy atom. The Morgan fingerprint density at radius 3 is 2.65 bits per heavy atom. The van der Waals surface area contributed by atoms with E-state index in [4.69, 9.17) is 5.84 Å². The maximum Gasteiger partial charge on any atom is 0.243 e. The largest absolute Gasteiger partial charge is 0.396 e. The molecule has 2 aromatic rings. The van der Waals surface area contributed by atoms with Crippen LogP contribution in [0.25, 0.3) is 5.95 Å². The van der Waals surface area contributed by atoms with Crippen molar-refractivity contribution in [1.29, 1.82) is 0 Å². The molecule has 9 nitrogen and oxygen atoms in total. The zero-order valence-corrected chi connectivity index (χ0v) is 11.4. The number of aliphatic hydroxyl groups excluding tert-OH is 1. The molecule has 0 unspecified atom stereocenters. The number of nitrogens with one attached hydrogen (secondary N) is 2. The van der Waals surface area contributed by atoms with E-state index in [0.29, 0.717) is 18.4 Å². The van der Waals surface area contributed by atoms with Crippen molar-refractivity contribution >= 4 is 11.9 Å². The molecule has 2 heterocycles. The number of imidazole rings is 1. The highest BCUT2D eigenvalue weighted by Crippen LogP contribution is 2.15. The zero-order valence-electron chi connectivity index (χ0n) is 11.4. The molecule has 0 aliphatic rings. The van der Waals surface area contributed by atoms with Crippen LogP contribution in [0.5, 0.6) is 0 Å². The molecule has 2 rings (SSSR count). The second-order valence-electron chi connectivity index (χ2n) is 5.07. The summed E-state index contributed by atoms with van der Waals surface area (Å²) in [5.74, 6) is 6.37. The predicted molar refractivity (Wildman–Crippen MR) is 74.1 cm³/mol. The van der Waals surface area contributed by atoms with Crippen molar-refractivity contribution in [1.82, 2.24) is 24.5 Å². The first-order valence-corrected chi connectivity index (χ1v) is 6.10. The SMILES string of the molecule is CC(C)(CO)CNc1nc(NN)nc(-n2ccnc2)n1. The summed E-state index contributed by atoms with van der Waals surface area (Å²) in [7, 11) is 0. The minimum absolute atomic E-state index is 0.0570. The lowest BCUT2D eigenvalue weighted by Gasteiger charge is -2.21. The summed E-state index contributed by atoms with van der Waals surface area (Å²) >= 11 is 0. The van der Waals surface area contributed by atoms with Crippen molar-refractivity contribution in [2.75, 3.05) is 23.9 Å². The van der Waals surface area contributed by atoms with E-state index in [-0.39, 0.29) is 18.0 Å². The second-order valence-corrected chi connectivity index (χ2v) is 5.07. The molecular weight excluding hydrogens is 260 g/mol. The lowest BCUT2D eigenvalue weighted by Crippen LogP contribution is -2.28. The summed E-state index contributed by atoms with van der Waals surface area (Å²) in [6.45, 7) is 4.43. The molecule has 9 heteroatoms. The van der Waals surface area contributed by atoms with Gasteiger partial charge in [0.1, 0.15) is 6.33 Å². The fourth-order valence-electron chi connectivity index (χ4n) is 1.38. The highest BCUT2D eigenvalue weighted by molar-refractivity contribution is 5.37. The molecular formula is C11H18N8O. The molecule has 0 radical (unpaired) electrons. The maximum atomic E-state index is 9.24. The van der Waals surface area contributed by atoms with Gasteiger partial charge in [-0.1, -0.05) is 13.8 Å². The molecule has 0 amide bonds. The first-order chi connectivity index (χ1) is 9.54. The van der Waals surface area contributed by atoms with Gasteiger partial charge in [-0.3, -0.25) is 9.99 Å². The van der Waals surface area contributed by atoms with Gasteiger partial charge in [0.2, 0.25) is 17.8 Å². The summed E-state index contributed by atoms with van der Waals surface area (Å²) in [6.07, 6.45) is 4.93. The fraction of sp³-hybridized carbons (Fsp3) is 0.455. The average molecular weight is 278 g/mol. The first-order valence-electron chi connectivity index (χ1n) is 6.10. The minimum atomic E-state index is -0.280. The number of hydrogen-bond donors (Lipinski definition) is 4. The van der Waals surface area contributed by atoms with Crippen LogP contribution in [0.1, 0.15) is 13.8 Å². The van der Waals surface area contributed by atoms with E-state index in [2.05, 4.69) is 30.7 Å². The number of aliphatic hydroxyl groups is 1. The van der Waals surface area contributed by atoms with Gasteiger partial charge < -0.3 is 10.4 Å². The molecule has 0 saturated carbocycles. The Kier molecular flexibility index (Phi) is 4.11. The number of rotatable bonds is 6. The topological polar surface area (TPSA) is 127 Å². The van der Waals surface area contributed by atoms with E-state index in [1.165, 1.54) is 0 Å². The number of nitrogens with zero attached hydrogens (tertiary/aromatic N) is 5. The Bertz CT molecular complexity index is 554. The minimum Gasteiger partial charge on any atom is -0.396 e. The van der Waals surface area contributed by atoms with Gasteiger partial charge in [0.25, 0.3) is 0 Å². The van der Waals surface area contributed by atoms with Gasteiger partial charge >= 0.3 is 0 Å². The highest BCUT2D eigenvalue weighted by Gasteiger charge is 2.17. The molecule has 0 bridgehead atoms. The normalized spacial score (nSPS) is 11.4. The van der Waals surface area contributed by atoms with Crippen molar-refractivity contribution < 1.29 is 5.11 Å². The Hall–Kier alpha value is -2.26. The number of nitrogen functional groups attached to an aromatic ring is 1. The summed E-state index contributed by atoms with van der Waals surface area (Å²) in [5, 5.41) is 12.3. The summed E-state index contributed by atoms with van der Waals surface area (Å²) < 4.78 is 1.64. The quantitative estimate of drug-likeness (QED) is 0.421. The van der Waals surface area contributed by atoms with Crippen molar-refractivity contribution in [2.24, 2.45) is 11.3 Å². The standard InChI is InChI=1S/C11H18N8O/c1-11(2,6-20)5-14-8-15-9(18-12)17-10(16-8)19-4-3-13-7-19/h3-4,7,20H,5-6,12H2,1-2H3,(H2,14,15,16,17,18). The Morgan fingerprint density at radius 1 is 1.30 bits per heavy atom. The van der Waals surface area contributed by atoms with Crippen LogP contribution in [0.4, 0.5) is 11.9 Å². The van der Waals surface area contributed by atoms with Crippen molar-refractivity contribution in [3.05, 3.63) is 18.7 Å². The summed E-state index contributed by atoms with van der Waals surface area (Å²) in [5.41, 5.74) is 2.12. The van der Waals surface area contributed by atoms with Crippen molar-refractivity contribution in [3.8, 4) is 5.95 Å². The van der Waals surface area contributed by atoms with Gasteiger partial charge in [0.15, 0.2) is 0 Å². The van der Waals surface area contributed by atoms with E-state index >= 15 is 0 Å². The van der Waals surface area contributed by atoms with Gasteiger partial charge in [0.05, 0.1) is 0 Å². The number of nitrogens with two attached hydrogens (primary N) is 1. The van der Waals surface area contributed by atoms with Crippen LogP contribution in [0.15, 0.2) is 18.7 Å². The van der Waals surface area contributed by atoms with Gasteiger partial charge in [-0.05, 0) is 0 Å². The van der Waals surface area contributed by atoms with Crippen LogP contribution in [-0.4, -0.2) is 42.8 Å². The van der Waals surface area contributed by atoms with Crippen molar-refractivity contribution in [2.45, 2.75) is 13.8 Å². The number of hydrogen-bond acceptors (Lipinski definition) is 8. The smallest absolute Gasteiger partial charge is 0.243 e. The van der Waals surface area contributed by atoms with Gasteiger partial charge in [0, 0.05) is 31.0 Å². The summed E-state index contributed by atoms with van der Waals surface area (Å²) in [6, 6.07) is 0. The third-order valence-corrected chi connectivity index (χ3v) is 2.64. The third kappa shape index (κ3) is 3.39. The zero-order chi connectivity index (χ0) is 14.6.